The van der Waals surface area contributed by atoms with E-state index >= 15 is 0 Å². The Kier molecular flexibility index (Phi) is 5.25. The normalized spacial score (nSPS) is 15.6. The summed E-state index contributed by atoms with van der Waals surface area (Å²) in [6, 6.07) is 12.9. The molecule has 1 aromatic heterocycles. The molecule has 146 valence electrons. The van der Waals surface area contributed by atoms with Crippen LogP contribution < -0.4 is 0 Å². The van der Waals surface area contributed by atoms with Gasteiger partial charge in [-0.3, -0.25) is 14.5 Å². The number of halogens is 3. The third-order valence-electron chi connectivity index (χ3n) is 4.25. The number of furan rings is 1. The number of hydrogen-bond acceptors (Lipinski definition) is 4. The summed E-state index contributed by atoms with van der Waals surface area (Å²) in [5, 5.41) is -0.310. The fourth-order valence-electron chi connectivity index (χ4n) is 2.79. The second kappa shape index (κ2) is 7.85. The number of carbonyl (C=O) groups is 2. The van der Waals surface area contributed by atoms with Gasteiger partial charge in [0.05, 0.1) is 11.4 Å². The van der Waals surface area contributed by atoms with Gasteiger partial charge in [0.2, 0.25) is 0 Å². The second-order valence-corrected chi connectivity index (χ2v) is 7.61. The van der Waals surface area contributed by atoms with Gasteiger partial charge in [-0.1, -0.05) is 17.7 Å². The van der Waals surface area contributed by atoms with Crippen LogP contribution >= 0.6 is 23.4 Å². The van der Waals surface area contributed by atoms with E-state index in [0.717, 1.165) is 22.7 Å². The van der Waals surface area contributed by atoms with Gasteiger partial charge in [0.15, 0.2) is 0 Å². The number of carbonyl (C=O) groups excluding carboxylic acids is 2. The molecular formula is C21H12ClF2NO3S. The third kappa shape index (κ3) is 4.11. The first kappa shape index (κ1) is 19.4. The molecule has 0 saturated carbocycles. The monoisotopic (exact) mass is 431 g/mol. The van der Waals surface area contributed by atoms with Crippen molar-refractivity contribution >= 4 is 40.6 Å². The zero-order chi connectivity index (χ0) is 20.5. The molecule has 0 radical (unpaired) electrons. The Morgan fingerprint density at radius 3 is 2.45 bits per heavy atom. The minimum atomic E-state index is -0.498. The predicted molar refractivity (Wildman–Crippen MR) is 107 cm³/mol. The summed E-state index contributed by atoms with van der Waals surface area (Å²) in [7, 11) is 0. The van der Waals surface area contributed by atoms with Crippen molar-refractivity contribution in [2.24, 2.45) is 0 Å². The van der Waals surface area contributed by atoms with Crippen LogP contribution in [0.4, 0.5) is 13.6 Å². The van der Waals surface area contributed by atoms with Crippen molar-refractivity contribution < 1.29 is 22.8 Å². The van der Waals surface area contributed by atoms with Gasteiger partial charge < -0.3 is 4.42 Å². The Labute approximate surface area is 173 Å². The van der Waals surface area contributed by atoms with Gasteiger partial charge in [0.25, 0.3) is 11.1 Å². The van der Waals surface area contributed by atoms with Crippen LogP contribution in [0.3, 0.4) is 0 Å². The Hall–Kier alpha value is -2.90. The van der Waals surface area contributed by atoms with E-state index in [-0.39, 0.29) is 22.3 Å². The molecule has 29 heavy (non-hydrogen) atoms. The lowest BCUT2D eigenvalue weighted by atomic mass is 10.2. The van der Waals surface area contributed by atoms with Crippen molar-refractivity contribution in [2.45, 2.75) is 6.54 Å². The molecule has 1 aliphatic rings. The highest BCUT2D eigenvalue weighted by molar-refractivity contribution is 8.18. The number of amides is 2. The van der Waals surface area contributed by atoms with Crippen LogP contribution in [0.5, 0.6) is 0 Å². The van der Waals surface area contributed by atoms with Crippen molar-refractivity contribution in [3.63, 3.8) is 0 Å². The molecule has 0 aliphatic carbocycles. The van der Waals surface area contributed by atoms with Gasteiger partial charge in [-0.2, -0.15) is 0 Å². The summed E-state index contributed by atoms with van der Waals surface area (Å²) in [5.74, 6) is -0.443. The molecule has 0 bridgehead atoms. The van der Waals surface area contributed by atoms with Crippen molar-refractivity contribution in [1.82, 2.24) is 4.90 Å². The molecular weight excluding hydrogens is 420 g/mol. The van der Waals surface area contributed by atoms with Crippen molar-refractivity contribution in [3.05, 3.63) is 87.5 Å². The van der Waals surface area contributed by atoms with Crippen LogP contribution in [0.2, 0.25) is 5.02 Å². The highest BCUT2D eigenvalue weighted by Gasteiger charge is 2.35. The molecule has 4 rings (SSSR count). The standard InChI is InChI=1S/C21H12ClF2NO3S/c22-17-9-15(24)6-3-13(17)11-25-20(26)19(29-21(25)27)10-16-7-8-18(28-16)12-1-4-14(23)5-2-12/h1-10H,11H2/b19-10-. The van der Waals surface area contributed by atoms with Crippen molar-refractivity contribution in [2.75, 3.05) is 0 Å². The number of nitrogens with zero attached hydrogens (tertiary/aromatic N) is 1. The molecule has 3 aromatic rings. The Morgan fingerprint density at radius 2 is 1.72 bits per heavy atom. The van der Waals surface area contributed by atoms with Crippen LogP contribution in [0.25, 0.3) is 17.4 Å². The highest BCUT2D eigenvalue weighted by Crippen LogP contribution is 2.35. The maximum Gasteiger partial charge on any atom is 0.293 e. The second-order valence-electron chi connectivity index (χ2n) is 6.21. The minimum Gasteiger partial charge on any atom is -0.457 e. The van der Waals surface area contributed by atoms with Crippen LogP contribution in [-0.2, 0) is 11.3 Å². The van der Waals surface area contributed by atoms with Crippen LogP contribution in [0, 0.1) is 11.6 Å². The Bertz CT molecular complexity index is 1140. The van der Waals surface area contributed by atoms with E-state index < -0.39 is 17.0 Å². The molecule has 1 aliphatic heterocycles. The first-order valence-electron chi connectivity index (χ1n) is 8.46. The quantitative estimate of drug-likeness (QED) is 0.467. The van der Waals surface area contributed by atoms with E-state index in [9.17, 15) is 18.4 Å². The van der Waals surface area contributed by atoms with Gasteiger partial charge in [-0.15, -0.1) is 0 Å². The fourth-order valence-corrected chi connectivity index (χ4v) is 3.83. The molecule has 0 spiro atoms. The zero-order valence-corrected chi connectivity index (χ0v) is 16.3. The molecule has 0 N–H and O–H groups in total. The molecule has 2 amide bonds. The lowest BCUT2D eigenvalue weighted by Crippen LogP contribution is -2.27. The maximum absolute atomic E-state index is 13.2. The predicted octanol–water partition coefficient (Wildman–Crippen LogP) is 6.11. The van der Waals surface area contributed by atoms with Gasteiger partial charge in [0.1, 0.15) is 23.2 Å². The number of rotatable bonds is 4. The van der Waals surface area contributed by atoms with Crippen LogP contribution in [-0.4, -0.2) is 16.0 Å². The Morgan fingerprint density at radius 1 is 1.00 bits per heavy atom. The first-order chi connectivity index (χ1) is 13.9. The van der Waals surface area contributed by atoms with E-state index in [4.69, 9.17) is 16.0 Å². The topological polar surface area (TPSA) is 50.5 Å². The largest absolute Gasteiger partial charge is 0.457 e. The van der Waals surface area contributed by atoms with Gasteiger partial charge in [0, 0.05) is 16.7 Å². The molecule has 1 fully saturated rings. The summed E-state index contributed by atoms with van der Waals surface area (Å²) in [6.45, 7) is -0.0555. The number of benzene rings is 2. The van der Waals surface area contributed by atoms with Gasteiger partial charge >= 0.3 is 0 Å². The van der Waals surface area contributed by atoms with E-state index in [1.807, 2.05) is 0 Å². The van der Waals surface area contributed by atoms with E-state index in [1.54, 1.807) is 24.3 Å². The summed E-state index contributed by atoms with van der Waals surface area (Å²) >= 11 is 6.77. The van der Waals surface area contributed by atoms with E-state index in [2.05, 4.69) is 0 Å². The molecule has 1 saturated heterocycles. The van der Waals surface area contributed by atoms with Crippen LogP contribution in [0.15, 0.2) is 63.9 Å². The molecule has 2 aromatic carbocycles. The maximum atomic E-state index is 13.2. The SMILES string of the molecule is O=C1S/C(=C\c2ccc(-c3ccc(F)cc3)o2)C(=O)N1Cc1ccc(F)cc1Cl. The van der Waals surface area contributed by atoms with Crippen molar-refractivity contribution in [3.8, 4) is 11.3 Å². The van der Waals surface area contributed by atoms with Crippen molar-refractivity contribution in [1.29, 1.82) is 0 Å². The molecule has 4 nitrogen and oxygen atoms in total. The number of imide groups is 1. The van der Waals surface area contributed by atoms with E-state index in [1.165, 1.54) is 30.3 Å². The molecule has 0 atom stereocenters. The summed E-state index contributed by atoms with van der Waals surface area (Å²) in [4.78, 5) is 26.1. The molecule has 8 heteroatoms. The highest BCUT2D eigenvalue weighted by atomic mass is 35.5. The average Bonchev–Trinajstić information content (AvgIpc) is 3.25. The lowest BCUT2D eigenvalue weighted by molar-refractivity contribution is -0.123. The minimum absolute atomic E-state index is 0.0555. The van der Waals surface area contributed by atoms with E-state index in [0.29, 0.717) is 22.6 Å². The summed E-state index contributed by atoms with van der Waals surface area (Å²) in [6.07, 6.45) is 1.48. The zero-order valence-electron chi connectivity index (χ0n) is 14.7. The smallest absolute Gasteiger partial charge is 0.293 e. The van der Waals surface area contributed by atoms with Gasteiger partial charge in [-0.05, 0) is 65.9 Å². The van der Waals surface area contributed by atoms with Crippen LogP contribution in [0.1, 0.15) is 11.3 Å². The molecule has 0 unspecified atom stereocenters. The lowest BCUT2D eigenvalue weighted by Gasteiger charge is -2.13. The fraction of sp³-hybridized carbons (Fsp3) is 0.0476. The first-order valence-corrected chi connectivity index (χ1v) is 9.65. The summed E-state index contributed by atoms with van der Waals surface area (Å²) in [5.41, 5.74) is 1.15. The molecule has 2 heterocycles. The summed E-state index contributed by atoms with van der Waals surface area (Å²) < 4.78 is 31.9. The third-order valence-corrected chi connectivity index (χ3v) is 5.51. The Balaban J connectivity index is 1.54. The average molecular weight is 432 g/mol. The van der Waals surface area contributed by atoms with Gasteiger partial charge in [-0.25, -0.2) is 8.78 Å². The number of thioether (sulfide) groups is 1. The number of hydrogen-bond donors (Lipinski definition) is 0.